The number of sulfonamides is 1. The highest BCUT2D eigenvalue weighted by Gasteiger charge is 2.33. The van der Waals surface area contributed by atoms with Crippen molar-refractivity contribution in [2.24, 2.45) is 5.92 Å². The van der Waals surface area contributed by atoms with Crippen molar-refractivity contribution in [3.05, 3.63) is 22.9 Å². The lowest BCUT2D eigenvalue weighted by atomic mass is 9.80. The van der Waals surface area contributed by atoms with Crippen LogP contribution in [-0.2, 0) is 10.0 Å². The molecular formula is C13H19BrN2O3S. The van der Waals surface area contributed by atoms with Gasteiger partial charge in [-0.25, -0.2) is 13.1 Å². The second-order valence-electron chi connectivity index (χ2n) is 5.57. The minimum absolute atomic E-state index is 0.0502. The number of aliphatic hydroxyl groups is 1. The number of nitrogens with zero attached hydrogens (tertiary/aromatic N) is 1. The van der Waals surface area contributed by atoms with Gasteiger partial charge in [0.25, 0.3) is 0 Å². The van der Waals surface area contributed by atoms with E-state index in [-0.39, 0.29) is 11.4 Å². The van der Waals surface area contributed by atoms with Gasteiger partial charge in [0, 0.05) is 23.4 Å². The zero-order valence-corrected chi connectivity index (χ0v) is 13.7. The Balaban J connectivity index is 2.03. The molecule has 1 saturated carbocycles. The first-order valence-electron chi connectivity index (χ1n) is 6.63. The van der Waals surface area contributed by atoms with Gasteiger partial charge < -0.3 is 5.11 Å². The van der Waals surface area contributed by atoms with Crippen LogP contribution in [0, 0.1) is 5.92 Å². The molecule has 2 rings (SSSR count). The van der Waals surface area contributed by atoms with E-state index in [1.54, 1.807) is 0 Å². The first-order chi connectivity index (χ1) is 9.31. The fraction of sp³-hybridized carbons (Fsp3) is 0.615. The van der Waals surface area contributed by atoms with Crippen molar-refractivity contribution >= 4 is 26.0 Å². The molecule has 0 unspecified atom stereocenters. The van der Waals surface area contributed by atoms with Gasteiger partial charge in [-0.3, -0.25) is 4.98 Å². The molecule has 20 heavy (non-hydrogen) atoms. The van der Waals surface area contributed by atoms with Gasteiger partial charge >= 0.3 is 0 Å². The van der Waals surface area contributed by atoms with Crippen LogP contribution in [0.4, 0.5) is 0 Å². The van der Waals surface area contributed by atoms with E-state index < -0.39 is 15.6 Å². The van der Waals surface area contributed by atoms with Crippen molar-refractivity contribution in [1.29, 1.82) is 0 Å². The molecule has 112 valence electrons. The molecule has 1 fully saturated rings. The minimum atomic E-state index is -3.64. The number of aromatic nitrogens is 1. The Labute approximate surface area is 128 Å². The van der Waals surface area contributed by atoms with Crippen LogP contribution in [-0.4, -0.2) is 30.7 Å². The van der Waals surface area contributed by atoms with Crippen LogP contribution in [0.2, 0.25) is 0 Å². The highest BCUT2D eigenvalue weighted by atomic mass is 79.9. The SMILES string of the molecule is CC1CCC(O)(CNS(=O)(=O)c2cncc(Br)c2)CC1. The topological polar surface area (TPSA) is 79.3 Å². The Morgan fingerprint density at radius 1 is 1.45 bits per heavy atom. The van der Waals surface area contributed by atoms with Crippen molar-refractivity contribution in [1.82, 2.24) is 9.71 Å². The Kier molecular flexibility index (Phi) is 4.84. The number of hydrogen-bond donors (Lipinski definition) is 2. The van der Waals surface area contributed by atoms with Gasteiger partial charge in [0.15, 0.2) is 0 Å². The molecule has 0 aromatic carbocycles. The standard InChI is InChI=1S/C13H19BrN2O3S/c1-10-2-4-13(17,5-3-10)9-16-20(18,19)12-6-11(14)7-15-8-12/h6-8,10,16-17H,2-5,9H2,1H3. The summed E-state index contributed by atoms with van der Waals surface area (Å²) >= 11 is 3.20. The van der Waals surface area contributed by atoms with Crippen LogP contribution in [0.5, 0.6) is 0 Å². The van der Waals surface area contributed by atoms with E-state index >= 15 is 0 Å². The maximum Gasteiger partial charge on any atom is 0.242 e. The monoisotopic (exact) mass is 362 g/mol. The summed E-state index contributed by atoms with van der Waals surface area (Å²) in [5.74, 6) is 0.598. The van der Waals surface area contributed by atoms with E-state index in [9.17, 15) is 13.5 Å². The predicted molar refractivity (Wildman–Crippen MR) is 79.7 cm³/mol. The van der Waals surface area contributed by atoms with Gasteiger partial charge in [-0.05, 0) is 53.6 Å². The number of hydrogen-bond acceptors (Lipinski definition) is 4. The molecule has 0 spiro atoms. The second-order valence-corrected chi connectivity index (χ2v) is 8.25. The third-order valence-corrected chi connectivity index (χ3v) is 5.59. The summed E-state index contributed by atoms with van der Waals surface area (Å²) in [6, 6.07) is 1.49. The average molecular weight is 363 g/mol. The Morgan fingerprint density at radius 2 is 2.10 bits per heavy atom. The van der Waals surface area contributed by atoms with Gasteiger partial charge in [0.2, 0.25) is 10.0 Å². The van der Waals surface area contributed by atoms with Crippen molar-refractivity contribution in [3.63, 3.8) is 0 Å². The maximum atomic E-state index is 12.2. The fourth-order valence-corrected chi connectivity index (χ4v) is 3.95. The fourth-order valence-electron chi connectivity index (χ4n) is 2.33. The molecule has 1 aromatic heterocycles. The lowest BCUT2D eigenvalue weighted by molar-refractivity contribution is -0.00182. The molecule has 0 bridgehead atoms. The molecule has 7 heteroatoms. The van der Waals surface area contributed by atoms with Crippen LogP contribution >= 0.6 is 15.9 Å². The highest BCUT2D eigenvalue weighted by molar-refractivity contribution is 9.10. The van der Waals surface area contributed by atoms with Crippen LogP contribution in [0.15, 0.2) is 27.8 Å². The van der Waals surface area contributed by atoms with Gasteiger partial charge in [-0.2, -0.15) is 0 Å². The zero-order chi connectivity index (χ0) is 14.8. The molecule has 0 saturated heterocycles. The maximum absolute atomic E-state index is 12.2. The normalized spacial score (nSPS) is 27.4. The molecule has 2 N–H and O–H groups in total. The predicted octanol–water partition coefficient (Wildman–Crippen LogP) is 2.06. The van der Waals surface area contributed by atoms with E-state index in [4.69, 9.17) is 0 Å². The van der Waals surface area contributed by atoms with Crippen molar-refractivity contribution in [2.45, 2.75) is 43.1 Å². The Morgan fingerprint density at radius 3 is 2.70 bits per heavy atom. The van der Waals surface area contributed by atoms with Crippen LogP contribution in [0.3, 0.4) is 0 Å². The summed E-state index contributed by atoms with van der Waals surface area (Å²) in [5.41, 5.74) is -0.932. The molecule has 1 heterocycles. The third kappa shape index (κ3) is 4.00. The highest BCUT2D eigenvalue weighted by Crippen LogP contribution is 2.31. The van der Waals surface area contributed by atoms with Gasteiger partial charge in [-0.15, -0.1) is 0 Å². The van der Waals surface area contributed by atoms with Crippen molar-refractivity contribution in [2.75, 3.05) is 6.54 Å². The second kappa shape index (κ2) is 6.09. The van der Waals surface area contributed by atoms with Gasteiger partial charge in [0.1, 0.15) is 4.90 Å². The summed E-state index contributed by atoms with van der Waals surface area (Å²) in [4.78, 5) is 3.94. The third-order valence-electron chi connectivity index (χ3n) is 3.79. The molecule has 5 nitrogen and oxygen atoms in total. The van der Waals surface area contributed by atoms with E-state index in [0.717, 1.165) is 12.8 Å². The van der Waals surface area contributed by atoms with Crippen molar-refractivity contribution < 1.29 is 13.5 Å². The number of halogens is 1. The summed E-state index contributed by atoms with van der Waals surface area (Å²) < 4.78 is 27.4. The lowest BCUT2D eigenvalue weighted by Crippen LogP contribution is -2.45. The zero-order valence-electron chi connectivity index (χ0n) is 11.3. The molecule has 1 aliphatic rings. The molecule has 0 amide bonds. The van der Waals surface area contributed by atoms with E-state index in [0.29, 0.717) is 23.2 Å². The summed E-state index contributed by atoms with van der Waals surface area (Å²) in [5, 5.41) is 10.4. The van der Waals surface area contributed by atoms with E-state index in [1.165, 1.54) is 18.5 Å². The first kappa shape index (κ1) is 15.9. The summed E-state index contributed by atoms with van der Waals surface area (Å²) in [7, 11) is -3.64. The molecular weight excluding hydrogens is 344 g/mol. The van der Waals surface area contributed by atoms with Crippen molar-refractivity contribution in [3.8, 4) is 0 Å². The quantitative estimate of drug-likeness (QED) is 0.858. The molecule has 1 aromatic rings. The van der Waals surface area contributed by atoms with Gasteiger partial charge in [-0.1, -0.05) is 6.92 Å². The Hall–Kier alpha value is -0.500. The summed E-state index contributed by atoms with van der Waals surface area (Å²) in [6.07, 6.45) is 5.93. The Bertz CT molecular complexity index is 569. The van der Waals surface area contributed by atoms with Crippen LogP contribution in [0.1, 0.15) is 32.6 Å². The number of rotatable bonds is 4. The molecule has 0 aliphatic heterocycles. The lowest BCUT2D eigenvalue weighted by Gasteiger charge is -2.34. The number of pyridine rings is 1. The molecule has 1 aliphatic carbocycles. The molecule has 0 radical (unpaired) electrons. The van der Waals surface area contributed by atoms with Crippen LogP contribution in [0.25, 0.3) is 0 Å². The molecule has 0 atom stereocenters. The number of nitrogens with one attached hydrogen (secondary N) is 1. The first-order valence-corrected chi connectivity index (χ1v) is 8.91. The van der Waals surface area contributed by atoms with Gasteiger partial charge in [0.05, 0.1) is 5.60 Å². The summed E-state index contributed by atoms with van der Waals surface area (Å²) in [6.45, 7) is 2.20. The average Bonchev–Trinajstić information content (AvgIpc) is 2.41. The smallest absolute Gasteiger partial charge is 0.242 e. The van der Waals surface area contributed by atoms with E-state index in [1.807, 2.05) is 0 Å². The minimum Gasteiger partial charge on any atom is -0.389 e. The van der Waals surface area contributed by atoms with E-state index in [2.05, 4.69) is 32.6 Å². The largest absolute Gasteiger partial charge is 0.389 e. The van der Waals surface area contributed by atoms with Crippen LogP contribution < -0.4 is 4.72 Å².